The maximum atomic E-state index is 13.4. The number of carbonyl (C=O) groups is 1. The molecule has 1 atom stereocenters. The van der Waals surface area contributed by atoms with E-state index in [9.17, 15) is 9.18 Å². The minimum Gasteiger partial charge on any atom is -0.323 e. The highest BCUT2D eigenvalue weighted by molar-refractivity contribution is 7.99. The van der Waals surface area contributed by atoms with Gasteiger partial charge in [-0.05, 0) is 25.2 Å². The molecule has 1 saturated heterocycles. The van der Waals surface area contributed by atoms with Gasteiger partial charge in [0.15, 0.2) is 5.82 Å². The van der Waals surface area contributed by atoms with Gasteiger partial charge in [0.25, 0.3) is 0 Å². The van der Waals surface area contributed by atoms with Gasteiger partial charge in [0.2, 0.25) is 0 Å². The van der Waals surface area contributed by atoms with Crippen molar-refractivity contribution in [3.8, 4) is 0 Å². The number of hydrogen-bond donors (Lipinski definition) is 1. The topological polar surface area (TPSA) is 45.2 Å². The summed E-state index contributed by atoms with van der Waals surface area (Å²) < 4.78 is 13.4. The third kappa shape index (κ3) is 3.83. The van der Waals surface area contributed by atoms with Crippen LogP contribution in [0.5, 0.6) is 0 Å². The van der Waals surface area contributed by atoms with E-state index in [4.69, 9.17) is 0 Å². The summed E-state index contributed by atoms with van der Waals surface area (Å²) in [5, 5.41) is 3.08. The van der Waals surface area contributed by atoms with E-state index in [0.717, 1.165) is 38.5 Å². The third-order valence-corrected chi connectivity index (χ3v) is 4.31. The number of anilines is 1. The lowest BCUT2D eigenvalue weighted by Gasteiger charge is -2.24. The number of hydrogen-bond acceptors (Lipinski definition) is 3. The van der Waals surface area contributed by atoms with Crippen LogP contribution in [0.4, 0.5) is 14.9 Å². The quantitative estimate of drug-likeness (QED) is 0.907. The number of thioether (sulfide) groups is 1. The van der Waals surface area contributed by atoms with Crippen LogP contribution in [0.1, 0.15) is 19.3 Å². The number of halogens is 1. The van der Waals surface area contributed by atoms with E-state index >= 15 is 0 Å². The van der Waals surface area contributed by atoms with Gasteiger partial charge in [-0.25, -0.2) is 9.18 Å². The minimum absolute atomic E-state index is 0.185. The first-order valence-electron chi connectivity index (χ1n) is 6.39. The lowest BCUT2D eigenvalue weighted by molar-refractivity contribution is 0.214. The Bertz CT molecular complexity index is 444. The van der Waals surface area contributed by atoms with Gasteiger partial charge in [0.05, 0.1) is 11.9 Å². The predicted octanol–water partition coefficient (Wildman–Crippen LogP) is 2.97. The second-order valence-corrected chi connectivity index (χ2v) is 5.72. The highest BCUT2D eigenvalue weighted by Gasteiger charge is 2.21. The zero-order valence-electron chi connectivity index (χ0n) is 10.9. The lowest BCUT2D eigenvalue weighted by Crippen LogP contribution is -2.38. The summed E-state index contributed by atoms with van der Waals surface area (Å²) in [6.07, 6.45) is 7.90. The summed E-state index contributed by atoms with van der Waals surface area (Å²) in [5.41, 5.74) is 0.185. The van der Waals surface area contributed by atoms with Crippen LogP contribution in [0.15, 0.2) is 18.5 Å². The zero-order chi connectivity index (χ0) is 13.7. The Morgan fingerprint density at radius 1 is 1.58 bits per heavy atom. The molecule has 1 aliphatic heterocycles. The first-order valence-corrected chi connectivity index (χ1v) is 7.67. The van der Waals surface area contributed by atoms with Gasteiger partial charge in [0.1, 0.15) is 0 Å². The summed E-state index contributed by atoms with van der Waals surface area (Å²) in [7, 11) is 0. The number of amides is 2. The van der Waals surface area contributed by atoms with Crippen LogP contribution in [0.2, 0.25) is 0 Å². The van der Waals surface area contributed by atoms with Crippen LogP contribution >= 0.6 is 11.8 Å². The Kier molecular flexibility index (Phi) is 5.01. The maximum Gasteiger partial charge on any atom is 0.321 e. The fourth-order valence-corrected chi connectivity index (χ4v) is 2.88. The standard InChI is InChI=1S/C13H18FN3OS/c1-19-10-4-2-3-7-17(9-10)13(18)16-12-5-6-15-8-11(12)14/h5-6,8,10H,2-4,7,9H2,1H3,(H,15,16,18)/t10-/m0/s1. The maximum absolute atomic E-state index is 13.4. The van der Waals surface area contributed by atoms with E-state index in [0.29, 0.717) is 5.25 Å². The van der Waals surface area contributed by atoms with Crippen LogP contribution in [0, 0.1) is 5.82 Å². The van der Waals surface area contributed by atoms with E-state index in [2.05, 4.69) is 16.6 Å². The van der Waals surface area contributed by atoms with Gasteiger partial charge in [-0.3, -0.25) is 4.98 Å². The number of likely N-dealkylation sites (tertiary alicyclic amines) is 1. The molecule has 2 heterocycles. The van der Waals surface area contributed by atoms with Crippen molar-refractivity contribution < 1.29 is 9.18 Å². The molecule has 0 aliphatic carbocycles. The predicted molar refractivity (Wildman–Crippen MR) is 75.9 cm³/mol. The average molecular weight is 283 g/mol. The van der Waals surface area contributed by atoms with Gasteiger partial charge in [-0.2, -0.15) is 11.8 Å². The van der Waals surface area contributed by atoms with Crippen molar-refractivity contribution in [3.05, 3.63) is 24.3 Å². The minimum atomic E-state index is -0.507. The molecule has 1 aliphatic rings. The molecule has 1 aromatic heterocycles. The number of carbonyl (C=O) groups excluding carboxylic acids is 1. The Labute approximate surface area is 116 Å². The van der Waals surface area contributed by atoms with E-state index in [1.165, 1.54) is 12.3 Å². The van der Waals surface area contributed by atoms with Crippen molar-refractivity contribution in [2.24, 2.45) is 0 Å². The smallest absolute Gasteiger partial charge is 0.321 e. The molecule has 6 heteroatoms. The van der Waals surface area contributed by atoms with Gasteiger partial charge >= 0.3 is 6.03 Å². The summed E-state index contributed by atoms with van der Waals surface area (Å²) in [4.78, 5) is 17.6. The van der Waals surface area contributed by atoms with Gasteiger partial charge in [-0.15, -0.1) is 0 Å². The molecule has 0 unspecified atom stereocenters. The number of aromatic nitrogens is 1. The number of nitrogens with zero attached hydrogens (tertiary/aromatic N) is 2. The van der Waals surface area contributed by atoms with Gasteiger partial charge in [-0.1, -0.05) is 6.42 Å². The number of urea groups is 1. The van der Waals surface area contributed by atoms with Crippen molar-refractivity contribution in [2.45, 2.75) is 24.5 Å². The summed E-state index contributed by atoms with van der Waals surface area (Å²) >= 11 is 1.78. The van der Waals surface area contributed by atoms with E-state index < -0.39 is 5.82 Å². The van der Waals surface area contributed by atoms with Crippen molar-refractivity contribution in [2.75, 3.05) is 24.7 Å². The van der Waals surface area contributed by atoms with Crippen LogP contribution in [-0.2, 0) is 0 Å². The van der Waals surface area contributed by atoms with Crippen LogP contribution in [-0.4, -0.2) is 40.5 Å². The molecule has 104 valence electrons. The van der Waals surface area contributed by atoms with E-state index in [1.54, 1.807) is 16.7 Å². The van der Waals surface area contributed by atoms with Gasteiger partial charge < -0.3 is 10.2 Å². The number of nitrogens with one attached hydrogen (secondary N) is 1. The summed E-state index contributed by atoms with van der Waals surface area (Å²) in [6.45, 7) is 1.45. The SMILES string of the molecule is CS[C@H]1CCCCN(C(=O)Nc2ccncc2F)C1. The molecule has 0 bridgehead atoms. The summed E-state index contributed by atoms with van der Waals surface area (Å²) in [5.74, 6) is -0.507. The zero-order valence-corrected chi connectivity index (χ0v) is 11.8. The molecular formula is C13H18FN3OS. The number of pyridine rings is 1. The normalized spacial score (nSPS) is 19.9. The van der Waals surface area contributed by atoms with Crippen molar-refractivity contribution in [3.63, 3.8) is 0 Å². The molecule has 0 radical (unpaired) electrons. The van der Waals surface area contributed by atoms with Crippen molar-refractivity contribution in [1.82, 2.24) is 9.88 Å². The first-order chi connectivity index (χ1) is 9.20. The Morgan fingerprint density at radius 3 is 3.16 bits per heavy atom. The number of rotatable bonds is 2. The second-order valence-electron chi connectivity index (χ2n) is 4.59. The van der Waals surface area contributed by atoms with Crippen LogP contribution in [0.25, 0.3) is 0 Å². The van der Waals surface area contributed by atoms with Crippen LogP contribution in [0.3, 0.4) is 0 Å². The summed E-state index contributed by atoms with van der Waals surface area (Å²) in [6, 6.07) is 1.24. The molecule has 0 saturated carbocycles. The molecule has 1 fully saturated rings. The fraction of sp³-hybridized carbons (Fsp3) is 0.538. The average Bonchev–Trinajstić information content (AvgIpc) is 2.66. The largest absolute Gasteiger partial charge is 0.323 e. The fourth-order valence-electron chi connectivity index (χ4n) is 2.15. The monoisotopic (exact) mass is 283 g/mol. The lowest BCUT2D eigenvalue weighted by atomic mass is 10.2. The third-order valence-electron chi connectivity index (χ3n) is 3.26. The van der Waals surface area contributed by atoms with Crippen LogP contribution < -0.4 is 5.32 Å². The van der Waals surface area contributed by atoms with E-state index in [1.807, 2.05) is 0 Å². The Balaban J connectivity index is 2.00. The molecule has 19 heavy (non-hydrogen) atoms. The Morgan fingerprint density at radius 2 is 2.42 bits per heavy atom. The first kappa shape index (κ1) is 14.1. The van der Waals surface area contributed by atoms with Crippen molar-refractivity contribution >= 4 is 23.5 Å². The molecule has 4 nitrogen and oxygen atoms in total. The molecule has 1 N–H and O–H groups in total. The highest BCUT2D eigenvalue weighted by Crippen LogP contribution is 2.21. The Hall–Kier alpha value is -1.30. The molecule has 2 amide bonds. The molecule has 1 aromatic rings. The molecule has 0 spiro atoms. The molecular weight excluding hydrogens is 265 g/mol. The molecule has 0 aromatic carbocycles. The molecule has 2 rings (SSSR count). The highest BCUT2D eigenvalue weighted by atomic mass is 32.2. The second kappa shape index (κ2) is 6.75. The van der Waals surface area contributed by atoms with Crippen molar-refractivity contribution in [1.29, 1.82) is 0 Å². The van der Waals surface area contributed by atoms with E-state index in [-0.39, 0.29) is 11.7 Å². The van der Waals surface area contributed by atoms with Gasteiger partial charge in [0, 0.05) is 24.5 Å².